The van der Waals surface area contributed by atoms with Crippen molar-refractivity contribution >= 4 is 34.8 Å². The average Bonchev–Trinajstić information content (AvgIpc) is 2.73. The third kappa shape index (κ3) is 5.84. The van der Waals surface area contributed by atoms with Crippen molar-refractivity contribution in [2.75, 3.05) is 11.9 Å². The van der Waals surface area contributed by atoms with Gasteiger partial charge in [0.05, 0.1) is 22.3 Å². The Kier molecular flexibility index (Phi) is 7.49. The minimum Gasteiger partial charge on any atom is -0.494 e. The summed E-state index contributed by atoms with van der Waals surface area (Å²) in [5.74, 6) is 0.603. The van der Waals surface area contributed by atoms with Gasteiger partial charge in [-0.15, -0.1) is 0 Å². The fraction of sp³-hybridized carbons (Fsp3) is 0.227. The fourth-order valence-electron chi connectivity index (χ4n) is 2.84. The van der Waals surface area contributed by atoms with Gasteiger partial charge in [-0.3, -0.25) is 9.59 Å². The number of hydrogen-bond acceptors (Lipinski definition) is 4. The fourth-order valence-corrected chi connectivity index (χ4v) is 3.14. The van der Waals surface area contributed by atoms with E-state index in [2.05, 4.69) is 10.4 Å². The van der Waals surface area contributed by atoms with Crippen LogP contribution in [-0.2, 0) is 11.3 Å². The van der Waals surface area contributed by atoms with E-state index >= 15 is 0 Å². The van der Waals surface area contributed by atoms with E-state index in [0.717, 1.165) is 11.3 Å². The van der Waals surface area contributed by atoms with Crippen LogP contribution in [0.1, 0.15) is 19.8 Å². The lowest BCUT2D eigenvalue weighted by Gasteiger charge is -2.09. The van der Waals surface area contributed by atoms with Gasteiger partial charge >= 0.3 is 0 Å². The van der Waals surface area contributed by atoms with Gasteiger partial charge in [-0.05, 0) is 61.9 Å². The molecule has 2 aromatic carbocycles. The Labute approximate surface area is 184 Å². The standard InChI is InChI=1S/C22H21Cl2N3O3/c1-2-30-17-8-5-15(6-9-17)20-11-12-22(29)27(26-20)13-3-4-21(28)25-16-7-10-18(23)19(24)14-16/h5-12,14H,2-4,13H2,1H3,(H,25,28). The molecule has 3 aromatic rings. The Hall–Kier alpha value is -2.83. The minimum atomic E-state index is -0.213. The first-order valence-corrected chi connectivity index (χ1v) is 10.3. The van der Waals surface area contributed by atoms with Gasteiger partial charge in [-0.1, -0.05) is 23.2 Å². The van der Waals surface area contributed by atoms with Crippen molar-refractivity contribution in [1.82, 2.24) is 9.78 Å². The van der Waals surface area contributed by atoms with Crippen LogP contribution in [-0.4, -0.2) is 22.3 Å². The van der Waals surface area contributed by atoms with Crippen LogP contribution < -0.4 is 15.6 Å². The molecule has 0 fully saturated rings. The zero-order valence-electron chi connectivity index (χ0n) is 16.4. The molecule has 30 heavy (non-hydrogen) atoms. The molecule has 156 valence electrons. The molecule has 0 atom stereocenters. The molecule has 1 N–H and O–H groups in total. The first-order valence-electron chi connectivity index (χ1n) is 9.52. The van der Waals surface area contributed by atoms with Gasteiger partial charge in [0.2, 0.25) is 5.91 Å². The first-order chi connectivity index (χ1) is 14.5. The van der Waals surface area contributed by atoms with Crippen LogP contribution >= 0.6 is 23.2 Å². The lowest BCUT2D eigenvalue weighted by Crippen LogP contribution is -2.23. The number of halogens is 2. The second-order valence-electron chi connectivity index (χ2n) is 6.52. The van der Waals surface area contributed by atoms with Gasteiger partial charge < -0.3 is 10.1 Å². The van der Waals surface area contributed by atoms with Gasteiger partial charge in [0.25, 0.3) is 5.56 Å². The van der Waals surface area contributed by atoms with E-state index in [1.54, 1.807) is 24.3 Å². The van der Waals surface area contributed by atoms with Crippen molar-refractivity contribution in [1.29, 1.82) is 0 Å². The van der Waals surface area contributed by atoms with Crippen molar-refractivity contribution in [3.8, 4) is 17.0 Å². The molecule has 0 saturated heterocycles. The van der Waals surface area contributed by atoms with E-state index in [0.29, 0.717) is 41.0 Å². The Bertz CT molecular complexity index is 1080. The first kappa shape index (κ1) is 21.9. The number of benzene rings is 2. The monoisotopic (exact) mass is 445 g/mol. The summed E-state index contributed by atoms with van der Waals surface area (Å²) < 4.78 is 6.82. The number of rotatable bonds is 8. The molecule has 0 unspecified atom stereocenters. The number of amides is 1. The van der Waals surface area contributed by atoms with Crippen molar-refractivity contribution in [3.63, 3.8) is 0 Å². The van der Waals surface area contributed by atoms with Gasteiger partial charge in [0, 0.05) is 30.3 Å². The van der Waals surface area contributed by atoms with Crippen molar-refractivity contribution in [3.05, 3.63) is 75.0 Å². The Morgan fingerprint density at radius 2 is 1.83 bits per heavy atom. The van der Waals surface area contributed by atoms with Crippen molar-refractivity contribution < 1.29 is 9.53 Å². The third-order valence-electron chi connectivity index (χ3n) is 4.30. The molecule has 6 nitrogen and oxygen atoms in total. The SMILES string of the molecule is CCOc1ccc(-c2ccc(=O)n(CCCC(=O)Nc3ccc(Cl)c(Cl)c3)n2)cc1. The molecule has 8 heteroatoms. The highest BCUT2D eigenvalue weighted by molar-refractivity contribution is 6.42. The quantitative estimate of drug-likeness (QED) is 0.527. The summed E-state index contributed by atoms with van der Waals surface area (Å²) in [5, 5.41) is 7.98. The van der Waals surface area contributed by atoms with Gasteiger partial charge in [0.1, 0.15) is 5.75 Å². The molecular formula is C22H21Cl2N3O3. The van der Waals surface area contributed by atoms with Crippen LogP contribution in [0.5, 0.6) is 5.75 Å². The molecule has 0 radical (unpaired) electrons. The summed E-state index contributed by atoms with van der Waals surface area (Å²) >= 11 is 11.8. The second kappa shape index (κ2) is 10.3. The molecule has 1 heterocycles. The number of aryl methyl sites for hydroxylation is 1. The van der Waals surface area contributed by atoms with Gasteiger partial charge in [0.15, 0.2) is 0 Å². The molecule has 0 spiro atoms. The number of carbonyl (C=O) groups excluding carboxylic acids is 1. The molecule has 1 amide bonds. The maximum Gasteiger partial charge on any atom is 0.266 e. The molecule has 3 rings (SSSR count). The molecule has 0 aliphatic heterocycles. The molecule has 0 saturated carbocycles. The molecular weight excluding hydrogens is 425 g/mol. The summed E-state index contributed by atoms with van der Waals surface area (Å²) in [4.78, 5) is 24.3. The van der Waals surface area contributed by atoms with Crippen LogP contribution in [0.4, 0.5) is 5.69 Å². The average molecular weight is 446 g/mol. The Morgan fingerprint density at radius 1 is 1.07 bits per heavy atom. The van der Waals surface area contributed by atoms with Crippen LogP contribution in [0.25, 0.3) is 11.3 Å². The highest BCUT2D eigenvalue weighted by Gasteiger charge is 2.07. The number of carbonyl (C=O) groups is 1. The van der Waals surface area contributed by atoms with E-state index < -0.39 is 0 Å². The molecule has 0 aliphatic carbocycles. The largest absolute Gasteiger partial charge is 0.494 e. The molecule has 0 bridgehead atoms. The third-order valence-corrected chi connectivity index (χ3v) is 5.04. The number of nitrogens with one attached hydrogen (secondary N) is 1. The Morgan fingerprint density at radius 3 is 2.53 bits per heavy atom. The maximum absolute atomic E-state index is 12.2. The van der Waals surface area contributed by atoms with Gasteiger partial charge in [-0.2, -0.15) is 5.10 Å². The smallest absolute Gasteiger partial charge is 0.266 e. The van der Waals surface area contributed by atoms with Gasteiger partial charge in [-0.25, -0.2) is 4.68 Å². The Balaban J connectivity index is 1.59. The highest BCUT2D eigenvalue weighted by atomic mass is 35.5. The lowest BCUT2D eigenvalue weighted by molar-refractivity contribution is -0.116. The van der Waals surface area contributed by atoms with E-state index in [1.807, 2.05) is 31.2 Å². The van der Waals surface area contributed by atoms with Crippen LogP contribution in [0.15, 0.2) is 59.4 Å². The predicted octanol–water partition coefficient (Wildman–Crippen LogP) is 5.03. The van der Waals surface area contributed by atoms with Crippen LogP contribution in [0.2, 0.25) is 10.0 Å². The summed E-state index contributed by atoms with van der Waals surface area (Å²) in [6.07, 6.45) is 0.703. The number of aromatic nitrogens is 2. The normalized spacial score (nSPS) is 10.6. The zero-order valence-corrected chi connectivity index (χ0v) is 17.9. The van der Waals surface area contributed by atoms with Crippen molar-refractivity contribution in [2.24, 2.45) is 0 Å². The summed E-state index contributed by atoms with van der Waals surface area (Å²) in [6, 6.07) is 15.6. The topological polar surface area (TPSA) is 73.2 Å². The second-order valence-corrected chi connectivity index (χ2v) is 7.33. The number of ether oxygens (including phenoxy) is 1. The predicted molar refractivity (Wildman–Crippen MR) is 119 cm³/mol. The summed E-state index contributed by atoms with van der Waals surface area (Å²) in [6.45, 7) is 2.86. The van der Waals surface area contributed by atoms with E-state index in [9.17, 15) is 9.59 Å². The number of hydrogen-bond donors (Lipinski definition) is 1. The van der Waals surface area contributed by atoms with Crippen LogP contribution in [0.3, 0.4) is 0 Å². The molecule has 0 aliphatic rings. The lowest BCUT2D eigenvalue weighted by atomic mass is 10.1. The highest BCUT2D eigenvalue weighted by Crippen LogP contribution is 2.25. The minimum absolute atomic E-state index is 0.177. The van der Waals surface area contributed by atoms with E-state index in [1.165, 1.54) is 10.7 Å². The van der Waals surface area contributed by atoms with Crippen LogP contribution in [0, 0.1) is 0 Å². The summed E-state index contributed by atoms with van der Waals surface area (Å²) in [5.41, 5.74) is 1.92. The van der Waals surface area contributed by atoms with E-state index in [4.69, 9.17) is 27.9 Å². The number of anilines is 1. The summed E-state index contributed by atoms with van der Waals surface area (Å²) in [7, 11) is 0. The van der Waals surface area contributed by atoms with E-state index in [-0.39, 0.29) is 17.9 Å². The maximum atomic E-state index is 12.2. The van der Waals surface area contributed by atoms with Crippen molar-refractivity contribution in [2.45, 2.75) is 26.3 Å². The zero-order chi connectivity index (χ0) is 21.5. The molecule has 1 aromatic heterocycles. The number of nitrogens with zero attached hydrogens (tertiary/aromatic N) is 2.